The highest BCUT2D eigenvalue weighted by Crippen LogP contribution is 2.13. The van der Waals surface area contributed by atoms with Crippen LogP contribution in [0.25, 0.3) is 0 Å². The first-order valence-electron chi connectivity index (χ1n) is 6.05. The van der Waals surface area contributed by atoms with Crippen molar-refractivity contribution in [1.29, 1.82) is 0 Å². The van der Waals surface area contributed by atoms with Gasteiger partial charge in [-0.05, 0) is 12.0 Å². The quantitative estimate of drug-likeness (QED) is 0.831. The molecular formula is C13H15F3N2O2. The van der Waals surface area contributed by atoms with Crippen molar-refractivity contribution in [3.05, 3.63) is 35.9 Å². The predicted molar refractivity (Wildman–Crippen MR) is 66.8 cm³/mol. The van der Waals surface area contributed by atoms with Crippen LogP contribution in [-0.2, 0) is 16.0 Å². The highest BCUT2D eigenvalue weighted by molar-refractivity contribution is 5.82. The van der Waals surface area contributed by atoms with Gasteiger partial charge in [0.25, 0.3) is 0 Å². The Morgan fingerprint density at radius 3 is 2.25 bits per heavy atom. The second kappa shape index (κ2) is 7.52. The van der Waals surface area contributed by atoms with E-state index in [1.807, 2.05) is 30.3 Å². The van der Waals surface area contributed by atoms with Gasteiger partial charge in [0.2, 0.25) is 5.91 Å². The molecule has 0 aliphatic heterocycles. The minimum atomic E-state index is -4.91. The van der Waals surface area contributed by atoms with Gasteiger partial charge in [-0.25, -0.2) is 0 Å². The fourth-order valence-corrected chi connectivity index (χ4v) is 1.47. The molecule has 0 radical (unpaired) electrons. The fourth-order valence-electron chi connectivity index (χ4n) is 1.47. The van der Waals surface area contributed by atoms with Gasteiger partial charge in [-0.15, -0.1) is 0 Å². The third-order valence-corrected chi connectivity index (χ3v) is 2.47. The summed E-state index contributed by atoms with van der Waals surface area (Å²) < 4.78 is 35.6. The number of hydrogen-bond donors (Lipinski definition) is 2. The van der Waals surface area contributed by atoms with Gasteiger partial charge in [0.1, 0.15) is 0 Å². The van der Waals surface area contributed by atoms with Crippen molar-refractivity contribution in [3.8, 4) is 0 Å². The van der Waals surface area contributed by atoms with Gasteiger partial charge in [0.05, 0.1) is 0 Å². The molecule has 0 unspecified atom stereocenters. The molecule has 0 fully saturated rings. The lowest BCUT2D eigenvalue weighted by atomic mass is 10.1. The summed E-state index contributed by atoms with van der Waals surface area (Å²) in [5, 5.41) is 4.21. The van der Waals surface area contributed by atoms with Crippen LogP contribution in [0.2, 0.25) is 0 Å². The number of carbonyl (C=O) groups is 2. The van der Waals surface area contributed by atoms with Crippen LogP contribution in [0.15, 0.2) is 30.3 Å². The minimum absolute atomic E-state index is 0.184. The summed E-state index contributed by atoms with van der Waals surface area (Å²) in [6, 6.07) is 9.46. The largest absolute Gasteiger partial charge is 0.471 e. The van der Waals surface area contributed by atoms with E-state index in [9.17, 15) is 22.8 Å². The number of carbonyl (C=O) groups excluding carboxylic acids is 2. The van der Waals surface area contributed by atoms with Gasteiger partial charge in [0, 0.05) is 19.5 Å². The second-order valence-electron chi connectivity index (χ2n) is 4.09. The summed E-state index contributed by atoms with van der Waals surface area (Å²) in [5.74, 6) is -2.43. The standard InChI is InChI=1S/C13H15F3N2O2/c14-13(15,16)12(20)18-9-7-11(19)17-8-6-10-4-2-1-3-5-10/h1-5H,6-9H2,(H,17,19)(H,18,20). The molecule has 7 heteroatoms. The molecule has 0 aliphatic carbocycles. The van der Waals surface area contributed by atoms with E-state index in [4.69, 9.17) is 0 Å². The van der Waals surface area contributed by atoms with Crippen molar-refractivity contribution < 1.29 is 22.8 Å². The smallest absolute Gasteiger partial charge is 0.356 e. The molecule has 0 bridgehead atoms. The Balaban J connectivity index is 2.14. The summed E-state index contributed by atoms with van der Waals surface area (Å²) in [4.78, 5) is 21.8. The van der Waals surface area contributed by atoms with Crippen LogP contribution < -0.4 is 10.6 Å². The molecule has 0 spiro atoms. The molecule has 1 aromatic carbocycles. The van der Waals surface area contributed by atoms with Gasteiger partial charge in [-0.1, -0.05) is 30.3 Å². The third kappa shape index (κ3) is 6.21. The highest BCUT2D eigenvalue weighted by Gasteiger charge is 2.38. The van der Waals surface area contributed by atoms with Crippen molar-refractivity contribution in [3.63, 3.8) is 0 Å². The SMILES string of the molecule is O=C(CCNC(=O)C(F)(F)F)NCCc1ccccc1. The zero-order valence-electron chi connectivity index (χ0n) is 10.7. The Morgan fingerprint density at radius 2 is 1.65 bits per heavy atom. The molecule has 1 aromatic rings. The molecule has 110 valence electrons. The maximum Gasteiger partial charge on any atom is 0.471 e. The first-order valence-corrected chi connectivity index (χ1v) is 6.05. The van der Waals surface area contributed by atoms with Crippen LogP contribution in [0.3, 0.4) is 0 Å². The number of nitrogens with one attached hydrogen (secondary N) is 2. The van der Waals surface area contributed by atoms with E-state index in [1.165, 1.54) is 0 Å². The number of amides is 2. The topological polar surface area (TPSA) is 58.2 Å². The number of hydrogen-bond acceptors (Lipinski definition) is 2. The van der Waals surface area contributed by atoms with E-state index < -0.39 is 18.0 Å². The highest BCUT2D eigenvalue weighted by atomic mass is 19.4. The molecule has 2 N–H and O–H groups in total. The molecule has 4 nitrogen and oxygen atoms in total. The summed E-state index contributed by atoms with van der Waals surface area (Å²) in [6.07, 6.45) is -4.46. The molecule has 0 aromatic heterocycles. The number of rotatable bonds is 6. The van der Waals surface area contributed by atoms with E-state index in [2.05, 4.69) is 5.32 Å². The fraction of sp³-hybridized carbons (Fsp3) is 0.385. The molecular weight excluding hydrogens is 273 g/mol. The van der Waals surface area contributed by atoms with Crippen LogP contribution in [-0.4, -0.2) is 31.1 Å². The average molecular weight is 288 g/mol. The van der Waals surface area contributed by atoms with Crippen LogP contribution >= 0.6 is 0 Å². The molecule has 0 saturated carbocycles. The Labute approximate surface area is 114 Å². The lowest BCUT2D eigenvalue weighted by Gasteiger charge is -2.08. The van der Waals surface area contributed by atoms with Crippen molar-refractivity contribution in [2.45, 2.75) is 19.0 Å². The second-order valence-corrected chi connectivity index (χ2v) is 4.09. The summed E-state index contributed by atoms with van der Waals surface area (Å²) >= 11 is 0. The Bertz CT molecular complexity index is 447. The van der Waals surface area contributed by atoms with Crippen molar-refractivity contribution >= 4 is 11.8 Å². The lowest BCUT2D eigenvalue weighted by Crippen LogP contribution is -2.39. The van der Waals surface area contributed by atoms with Crippen LogP contribution in [0.1, 0.15) is 12.0 Å². The van der Waals surface area contributed by atoms with E-state index in [-0.39, 0.29) is 13.0 Å². The first kappa shape index (κ1) is 16.0. The zero-order chi connectivity index (χ0) is 15.0. The van der Waals surface area contributed by atoms with Crippen LogP contribution in [0.5, 0.6) is 0 Å². The Hall–Kier alpha value is -2.05. The third-order valence-electron chi connectivity index (χ3n) is 2.47. The van der Waals surface area contributed by atoms with E-state index in [0.717, 1.165) is 5.56 Å². The molecule has 1 rings (SSSR count). The summed E-state index contributed by atoms with van der Waals surface area (Å²) in [6.45, 7) is 0.0611. The summed E-state index contributed by atoms with van der Waals surface area (Å²) in [5.41, 5.74) is 1.05. The van der Waals surface area contributed by atoms with Crippen LogP contribution in [0.4, 0.5) is 13.2 Å². The van der Waals surface area contributed by atoms with Gasteiger partial charge < -0.3 is 10.6 Å². The van der Waals surface area contributed by atoms with Crippen molar-refractivity contribution in [2.75, 3.05) is 13.1 Å². The zero-order valence-corrected chi connectivity index (χ0v) is 10.7. The van der Waals surface area contributed by atoms with E-state index in [1.54, 1.807) is 5.32 Å². The van der Waals surface area contributed by atoms with Gasteiger partial charge >= 0.3 is 12.1 Å². The van der Waals surface area contributed by atoms with Gasteiger partial charge in [-0.2, -0.15) is 13.2 Å². The number of halogens is 3. The molecule has 0 atom stereocenters. The Kier molecular flexibility index (Phi) is 6.02. The maximum atomic E-state index is 11.9. The molecule has 0 aliphatic rings. The molecule has 20 heavy (non-hydrogen) atoms. The molecule has 0 heterocycles. The van der Waals surface area contributed by atoms with Gasteiger partial charge in [0.15, 0.2) is 0 Å². The van der Waals surface area contributed by atoms with Crippen molar-refractivity contribution in [2.24, 2.45) is 0 Å². The van der Waals surface area contributed by atoms with E-state index >= 15 is 0 Å². The van der Waals surface area contributed by atoms with Gasteiger partial charge in [-0.3, -0.25) is 9.59 Å². The molecule has 0 saturated heterocycles. The first-order chi connectivity index (χ1) is 9.39. The van der Waals surface area contributed by atoms with Crippen LogP contribution in [0, 0.1) is 0 Å². The predicted octanol–water partition coefficient (Wildman–Crippen LogP) is 1.41. The van der Waals surface area contributed by atoms with E-state index in [0.29, 0.717) is 13.0 Å². The minimum Gasteiger partial charge on any atom is -0.356 e. The Morgan fingerprint density at radius 1 is 1.00 bits per heavy atom. The number of alkyl halides is 3. The van der Waals surface area contributed by atoms with Crippen molar-refractivity contribution in [1.82, 2.24) is 10.6 Å². The number of benzene rings is 1. The molecule has 2 amide bonds. The lowest BCUT2D eigenvalue weighted by molar-refractivity contribution is -0.173. The monoisotopic (exact) mass is 288 g/mol. The normalized spacial score (nSPS) is 10.9. The maximum absolute atomic E-state index is 11.9. The summed E-state index contributed by atoms with van der Waals surface area (Å²) in [7, 11) is 0. The average Bonchev–Trinajstić information content (AvgIpc) is 2.38.